The van der Waals surface area contributed by atoms with Crippen molar-refractivity contribution in [2.24, 2.45) is 0 Å². The molecule has 0 bridgehead atoms. The van der Waals surface area contributed by atoms with Crippen LogP contribution in [0.5, 0.6) is 5.75 Å². The zero-order chi connectivity index (χ0) is 15.1. The smallest absolute Gasteiger partial charge is 0.355 e. The summed E-state index contributed by atoms with van der Waals surface area (Å²) >= 11 is 1.01. The van der Waals surface area contributed by atoms with Gasteiger partial charge in [-0.1, -0.05) is 18.2 Å². The van der Waals surface area contributed by atoms with Crippen LogP contribution in [-0.2, 0) is 0 Å². The largest absolute Gasteiger partial charge is 0.494 e. The number of thiazole rings is 1. The third-order valence-corrected chi connectivity index (χ3v) is 3.38. The van der Waals surface area contributed by atoms with Gasteiger partial charge in [-0.25, -0.2) is 9.78 Å². The Morgan fingerprint density at radius 2 is 2.05 bits per heavy atom. The second-order valence-corrected chi connectivity index (χ2v) is 4.97. The molecule has 21 heavy (non-hydrogen) atoms. The van der Waals surface area contributed by atoms with E-state index in [-0.39, 0.29) is 16.6 Å². The van der Waals surface area contributed by atoms with E-state index in [1.165, 1.54) is 5.38 Å². The van der Waals surface area contributed by atoms with Gasteiger partial charge in [0, 0.05) is 11.9 Å². The first-order valence-electron chi connectivity index (χ1n) is 6.31. The van der Waals surface area contributed by atoms with Crippen LogP contribution in [0.3, 0.4) is 0 Å². The number of carbonyl (C=O) groups is 2. The topological polar surface area (TPSA) is 88.5 Å². The molecular formula is C14H14N2O4S. The van der Waals surface area contributed by atoms with Crippen LogP contribution < -0.4 is 10.1 Å². The molecule has 1 aromatic heterocycles. The lowest BCUT2D eigenvalue weighted by Gasteiger charge is -2.06. The predicted molar refractivity (Wildman–Crippen MR) is 78.0 cm³/mol. The van der Waals surface area contributed by atoms with E-state index < -0.39 is 5.97 Å². The number of nitrogens with zero attached hydrogens (tertiary/aromatic N) is 1. The van der Waals surface area contributed by atoms with Crippen molar-refractivity contribution in [2.45, 2.75) is 6.42 Å². The first-order valence-corrected chi connectivity index (χ1v) is 7.19. The molecule has 1 amide bonds. The molecule has 6 nitrogen and oxygen atoms in total. The van der Waals surface area contributed by atoms with E-state index in [0.717, 1.165) is 17.1 Å². The Hall–Kier alpha value is -2.41. The molecule has 0 fully saturated rings. The van der Waals surface area contributed by atoms with E-state index in [0.29, 0.717) is 19.6 Å². The highest BCUT2D eigenvalue weighted by Crippen LogP contribution is 2.10. The Bertz CT molecular complexity index is 612. The minimum atomic E-state index is -1.14. The summed E-state index contributed by atoms with van der Waals surface area (Å²) in [5.74, 6) is -0.719. The van der Waals surface area contributed by atoms with Gasteiger partial charge in [0.05, 0.1) is 6.61 Å². The second-order valence-electron chi connectivity index (χ2n) is 4.11. The molecule has 0 atom stereocenters. The minimum absolute atomic E-state index is 0.113. The Labute approximate surface area is 125 Å². The van der Waals surface area contributed by atoms with Gasteiger partial charge < -0.3 is 15.2 Å². The van der Waals surface area contributed by atoms with E-state index in [2.05, 4.69) is 10.3 Å². The van der Waals surface area contributed by atoms with Crippen LogP contribution in [0.25, 0.3) is 0 Å². The fraction of sp³-hybridized carbons (Fsp3) is 0.214. The van der Waals surface area contributed by atoms with Gasteiger partial charge in [-0.2, -0.15) is 0 Å². The lowest BCUT2D eigenvalue weighted by molar-refractivity contribution is 0.0691. The molecule has 0 aliphatic rings. The third-order valence-electron chi connectivity index (χ3n) is 2.54. The number of aromatic nitrogens is 1. The molecule has 0 unspecified atom stereocenters. The van der Waals surface area contributed by atoms with Gasteiger partial charge in [0.15, 0.2) is 10.7 Å². The number of benzene rings is 1. The average Bonchev–Trinajstić information content (AvgIpc) is 2.98. The quantitative estimate of drug-likeness (QED) is 0.764. The van der Waals surface area contributed by atoms with Crippen molar-refractivity contribution >= 4 is 23.2 Å². The van der Waals surface area contributed by atoms with Gasteiger partial charge in [-0.05, 0) is 18.6 Å². The fourth-order valence-corrected chi connectivity index (χ4v) is 2.24. The van der Waals surface area contributed by atoms with Crippen molar-refractivity contribution in [1.82, 2.24) is 10.3 Å². The highest BCUT2D eigenvalue weighted by atomic mass is 32.1. The molecule has 0 saturated carbocycles. The van der Waals surface area contributed by atoms with E-state index in [1.54, 1.807) is 0 Å². The number of amides is 1. The van der Waals surface area contributed by atoms with Gasteiger partial charge in [-0.15, -0.1) is 11.3 Å². The predicted octanol–water partition coefficient (Wildman–Crippen LogP) is 2.04. The van der Waals surface area contributed by atoms with Gasteiger partial charge >= 0.3 is 5.97 Å². The lowest BCUT2D eigenvalue weighted by atomic mass is 10.3. The van der Waals surface area contributed by atoms with E-state index >= 15 is 0 Å². The van der Waals surface area contributed by atoms with Crippen LogP contribution in [0.15, 0.2) is 35.7 Å². The Balaban J connectivity index is 1.68. The molecular weight excluding hydrogens is 292 g/mol. The summed E-state index contributed by atoms with van der Waals surface area (Å²) in [4.78, 5) is 26.1. The van der Waals surface area contributed by atoms with Crippen molar-refractivity contribution in [3.05, 3.63) is 46.4 Å². The first-order chi connectivity index (χ1) is 10.2. The molecule has 1 heterocycles. The summed E-state index contributed by atoms with van der Waals surface area (Å²) in [7, 11) is 0. The maximum Gasteiger partial charge on any atom is 0.355 e. The van der Waals surface area contributed by atoms with Crippen LogP contribution in [0.4, 0.5) is 0 Å². The normalized spacial score (nSPS) is 10.1. The summed E-state index contributed by atoms with van der Waals surface area (Å²) in [6, 6.07) is 9.41. The maximum atomic E-state index is 11.7. The number of carboxylic acids is 1. The Kier molecular flexibility index (Phi) is 5.28. The summed E-state index contributed by atoms with van der Waals surface area (Å²) in [5, 5.41) is 12.9. The maximum absolute atomic E-state index is 11.7. The average molecular weight is 306 g/mol. The molecule has 110 valence electrons. The molecule has 1 aromatic carbocycles. The van der Waals surface area contributed by atoms with E-state index in [9.17, 15) is 9.59 Å². The van der Waals surface area contributed by atoms with Gasteiger partial charge in [0.1, 0.15) is 5.75 Å². The van der Waals surface area contributed by atoms with Gasteiger partial charge in [-0.3, -0.25) is 4.79 Å². The highest BCUT2D eigenvalue weighted by Gasteiger charge is 2.13. The monoisotopic (exact) mass is 306 g/mol. The number of carboxylic acid groups (broad SMARTS) is 1. The number of carbonyl (C=O) groups excluding carboxylic acids is 1. The van der Waals surface area contributed by atoms with Crippen molar-refractivity contribution < 1.29 is 19.4 Å². The molecule has 0 radical (unpaired) electrons. The van der Waals surface area contributed by atoms with E-state index in [4.69, 9.17) is 9.84 Å². The van der Waals surface area contributed by atoms with Crippen LogP contribution in [0.1, 0.15) is 26.7 Å². The number of aromatic carboxylic acids is 1. The van der Waals surface area contributed by atoms with Crippen LogP contribution in [0, 0.1) is 0 Å². The second kappa shape index (κ2) is 7.39. The minimum Gasteiger partial charge on any atom is -0.494 e. The molecule has 2 N–H and O–H groups in total. The molecule has 0 aliphatic carbocycles. The summed E-state index contributed by atoms with van der Waals surface area (Å²) in [6.07, 6.45) is 0.651. The Morgan fingerprint density at radius 1 is 1.29 bits per heavy atom. The van der Waals surface area contributed by atoms with Crippen molar-refractivity contribution in [2.75, 3.05) is 13.2 Å². The van der Waals surface area contributed by atoms with Crippen LogP contribution in [-0.4, -0.2) is 35.1 Å². The van der Waals surface area contributed by atoms with E-state index in [1.807, 2.05) is 30.3 Å². The zero-order valence-electron chi connectivity index (χ0n) is 11.1. The van der Waals surface area contributed by atoms with Crippen molar-refractivity contribution in [1.29, 1.82) is 0 Å². The molecule has 0 aliphatic heterocycles. The zero-order valence-corrected chi connectivity index (χ0v) is 11.9. The first kappa shape index (κ1) is 15.0. The highest BCUT2D eigenvalue weighted by molar-refractivity contribution is 7.11. The Morgan fingerprint density at radius 3 is 2.71 bits per heavy atom. The summed E-state index contributed by atoms with van der Waals surface area (Å²) in [5.41, 5.74) is -0.113. The molecule has 7 heteroatoms. The molecule has 0 spiro atoms. The summed E-state index contributed by atoms with van der Waals surface area (Å²) < 4.78 is 5.49. The molecule has 2 rings (SSSR count). The number of rotatable bonds is 7. The fourth-order valence-electron chi connectivity index (χ4n) is 1.53. The number of para-hydroxylation sites is 1. The number of nitrogens with one attached hydrogen (secondary N) is 1. The van der Waals surface area contributed by atoms with Crippen LogP contribution in [0.2, 0.25) is 0 Å². The van der Waals surface area contributed by atoms with Gasteiger partial charge in [0.2, 0.25) is 0 Å². The lowest BCUT2D eigenvalue weighted by Crippen LogP contribution is -2.25. The molecule has 2 aromatic rings. The number of hydrogen-bond donors (Lipinski definition) is 2. The van der Waals surface area contributed by atoms with Crippen LogP contribution >= 0.6 is 11.3 Å². The number of hydrogen-bond acceptors (Lipinski definition) is 5. The molecule has 0 saturated heterocycles. The van der Waals surface area contributed by atoms with Crippen molar-refractivity contribution in [3.8, 4) is 5.75 Å². The SMILES string of the molecule is O=C(O)c1csc(C(=O)NCCCOc2ccccc2)n1. The summed E-state index contributed by atoms with van der Waals surface area (Å²) in [6.45, 7) is 0.927. The standard InChI is InChI=1S/C14H14N2O4S/c17-12(13-16-11(9-21-13)14(18)19)15-7-4-8-20-10-5-2-1-3-6-10/h1-3,5-6,9H,4,7-8H2,(H,15,17)(H,18,19). The van der Waals surface area contributed by atoms with Gasteiger partial charge in [0.25, 0.3) is 5.91 Å². The third kappa shape index (κ3) is 4.57. The number of ether oxygens (including phenoxy) is 1. The van der Waals surface area contributed by atoms with Crippen molar-refractivity contribution in [3.63, 3.8) is 0 Å².